The molecule has 1 aromatic heterocycles. The number of ether oxygens (including phenoxy) is 2. The number of methoxy groups -OCH3 is 2. The zero-order chi connectivity index (χ0) is 10.6. The SMILES string of the molecule is COC(OC)c1ccnc(C(C)C)n1. The van der Waals surface area contributed by atoms with E-state index in [0.29, 0.717) is 5.92 Å². The minimum Gasteiger partial charge on any atom is -0.350 e. The van der Waals surface area contributed by atoms with E-state index in [-0.39, 0.29) is 0 Å². The lowest BCUT2D eigenvalue weighted by Gasteiger charge is -2.13. The molecule has 14 heavy (non-hydrogen) atoms. The van der Waals surface area contributed by atoms with Gasteiger partial charge in [0.25, 0.3) is 0 Å². The molecule has 0 fully saturated rings. The first kappa shape index (κ1) is 11.1. The summed E-state index contributed by atoms with van der Waals surface area (Å²) in [6, 6.07) is 1.80. The average Bonchev–Trinajstić information content (AvgIpc) is 2.20. The van der Waals surface area contributed by atoms with E-state index >= 15 is 0 Å². The van der Waals surface area contributed by atoms with Gasteiger partial charge in [0, 0.05) is 26.3 Å². The first-order valence-electron chi connectivity index (χ1n) is 4.57. The van der Waals surface area contributed by atoms with Crippen molar-refractivity contribution in [1.82, 2.24) is 9.97 Å². The number of hydrogen-bond donors (Lipinski definition) is 0. The Bertz CT molecular complexity index is 285. The molecule has 0 spiro atoms. The molecule has 0 atom stereocenters. The molecule has 0 saturated carbocycles. The Morgan fingerprint density at radius 3 is 2.36 bits per heavy atom. The van der Waals surface area contributed by atoms with Gasteiger partial charge in [0.05, 0.1) is 5.69 Å². The second kappa shape index (κ2) is 5.02. The van der Waals surface area contributed by atoms with Gasteiger partial charge in [0.1, 0.15) is 5.82 Å². The standard InChI is InChI=1S/C10H16N2O2/c1-7(2)9-11-6-5-8(12-9)10(13-3)14-4/h5-7,10H,1-4H3. The lowest BCUT2D eigenvalue weighted by molar-refractivity contribution is -0.108. The predicted octanol–water partition coefficient (Wildman–Crippen LogP) is 1.89. The summed E-state index contributed by atoms with van der Waals surface area (Å²) in [7, 11) is 3.18. The number of nitrogens with zero attached hydrogens (tertiary/aromatic N) is 2. The quantitative estimate of drug-likeness (QED) is 0.690. The molecule has 0 amide bonds. The molecular weight excluding hydrogens is 180 g/mol. The van der Waals surface area contributed by atoms with E-state index in [1.54, 1.807) is 26.5 Å². The van der Waals surface area contributed by atoms with Crippen molar-refractivity contribution in [2.75, 3.05) is 14.2 Å². The molecule has 0 aliphatic heterocycles. The zero-order valence-corrected chi connectivity index (χ0v) is 9.02. The van der Waals surface area contributed by atoms with Gasteiger partial charge < -0.3 is 9.47 Å². The van der Waals surface area contributed by atoms with Gasteiger partial charge in [-0.3, -0.25) is 0 Å². The van der Waals surface area contributed by atoms with E-state index in [2.05, 4.69) is 9.97 Å². The third kappa shape index (κ3) is 2.49. The fourth-order valence-electron chi connectivity index (χ4n) is 1.14. The zero-order valence-electron chi connectivity index (χ0n) is 9.02. The van der Waals surface area contributed by atoms with Crippen LogP contribution in [0.3, 0.4) is 0 Å². The van der Waals surface area contributed by atoms with Crippen molar-refractivity contribution < 1.29 is 9.47 Å². The number of aromatic nitrogens is 2. The van der Waals surface area contributed by atoms with Crippen LogP contribution in [0.4, 0.5) is 0 Å². The molecule has 0 radical (unpaired) electrons. The largest absolute Gasteiger partial charge is 0.350 e. The molecule has 0 bridgehead atoms. The molecule has 0 aliphatic rings. The van der Waals surface area contributed by atoms with Crippen molar-refractivity contribution in [2.45, 2.75) is 26.1 Å². The first-order chi connectivity index (χ1) is 6.69. The fraction of sp³-hybridized carbons (Fsp3) is 0.600. The van der Waals surface area contributed by atoms with Crippen LogP contribution in [0.1, 0.15) is 37.6 Å². The van der Waals surface area contributed by atoms with E-state index in [1.165, 1.54) is 0 Å². The van der Waals surface area contributed by atoms with Crippen molar-refractivity contribution in [3.63, 3.8) is 0 Å². The molecule has 1 rings (SSSR count). The summed E-state index contributed by atoms with van der Waals surface area (Å²) in [5.41, 5.74) is 0.758. The summed E-state index contributed by atoms with van der Waals surface area (Å²) in [6.07, 6.45) is 1.32. The third-order valence-electron chi connectivity index (χ3n) is 1.88. The minimum atomic E-state index is -0.407. The highest BCUT2D eigenvalue weighted by molar-refractivity contribution is 5.05. The van der Waals surface area contributed by atoms with Crippen molar-refractivity contribution in [3.8, 4) is 0 Å². The number of rotatable bonds is 4. The summed E-state index contributed by atoms with van der Waals surface area (Å²) in [5, 5.41) is 0. The van der Waals surface area contributed by atoms with Crippen LogP contribution in [0.15, 0.2) is 12.3 Å². The molecule has 1 aromatic rings. The fourth-order valence-corrected chi connectivity index (χ4v) is 1.14. The van der Waals surface area contributed by atoms with Crippen LogP contribution in [0.2, 0.25) is 0 Å². The van der Waals surface area contributed by atoms with Crippen molar-refractivity contribution in [3.05, 3.63) is 23.8 Å². The molecule has 4 heteroatoms. The van der Waals surface area contributed by atoms with Gasteiger partial charge in [-0.25, -0.2) is 9.97 Å². The highest BCUT2D eigenvalue weighted by Gasteiger charge is 2.12. The van der Waals surface area contributed by atoms with Gasteiger partial charge in [-0.05, 0) is 6.07 Å². The van der Waals surface area contributed by atoms with Crippen LogP contribution < -0.4 is 0 Å². The van der Waals surface area contributed by atoms with Gasteiger partial charge in [0.15, 0.2) is 0 Å². The van der Waals surface area contributed by atoms with E-state index in [9.17, 15) is 0 Å². The Morgan fingerprint density at radius 2 is 1.86 bits per heavy atom. The minimum absolute atomic E-state index is 0.310. The predicted molar refractivity (Wildman–Crippen MR) is 52.9 cm³/mol. The van der Waals surface area contributed by atoms with Gasteiger partial charge in [-0.1, -0.05) is 13.8 Å². The first-order valence-corrected chi connectivity index (χ1v) is 4.57. The van der Waals surface area contributed by atoms with Gasteiger partial charge in [-0.2, -0.15) is 0 Å². The molecule has 4 nitrogen and oxygen atoms in total. The van der Waals surface area contributed by atoms with Crippen molar-refractivity contribution >= 4 is 0 Å². The normalized spacial score (nSPS) is 11.3. The highest BCUT2D eigenvalue weighted by Crippen LogP contribution is 2.16. The average molecular weight is 196 g/mol. The maximum absolute atomic E-state index is 5.11. The van der Waals surface area contributed by atoms with E-state index in [0.717, 1.165) is 11.5 Å². The summed E-state index contributed by atoms with van der Waals surface area (Å²) >= 11 is 0. The maximum atomic E-state index is 5.11. The lowest BCUT2D eigenvalue weighted by Crippen LogP contribution is -2.09. The highest BCUT2D eigenvalue weighted by atomic mass is 16.7. The Hall–Kier alpha value is -1.00. The second-order valence-electron chi connectivity index (χ2n) is 3.30. The van der Waals surface area contributed by atoms with Gasteiger partial charge in [-0.15, -0.1) is 0 Å². The smallest absolute Gasteiger partial charge is 0.200 e. The molecule has 0 aliphatic carbocycles. The van der Waals surface area contributed by atoms with Crippen LogP contribution in [0.5, 0.6) is 0 Å². The Balaban J connectivity index is 2.92. The number of hydrogen-bond acceptors (Lipinski definition) is 4. The van der Waals surface area contributed by atoms with Crippen LogP contribution in [0.25, 0.3) is 0 Å². The van der Waals surface area contributed by atoms with Crippen LogP contribution in [0, 0.1) is 0 Å². The van der Waals surface area contributed by atoms with E-state index in [4.69, 9.17) is 9.47 Å². The molecular formula is C10H16N2O2. The van der Waals surface area contributed by atoms with E-state index < -0.39 is 6.29 Å². The molecule has 0 saturated heterocycles. The van der Waals surface area contributed by atoms with Gasteiger partial charge in [0.2, 0.25) is 6.29 Å². The Labute approximate surface area is 84.3 Å². The molecule has 0 unspecified atom stereocenters. The van der Waals surface area contributed by atoms with Gasteiger partial charge >= 0.3 is 0 Å². The molecule has 1 heterocycles. The molecule has 0 N–H and O–H groups in total. The third-order valence-corrected chi connectivity index (χ3v) is 1.88. The van der Waals surface area contributed by atoms with E-state index in [1.807, 2.05) is 13.8 Å². The van der Waals surface area contributed by atoms with Crippen LogP contribution in [-0.4, -0.2) is 24.2 Å². The Kier molecular flexibility index (Phi) is 3.98. The Morgan fingerprint density at radius 1 is 1.21 bits per heavy atom. The summed E-state index contributed by atoms with van der Waals surface area (Å²) < 4.78 is 10.2. The lowest BCUT2D eigenvalue weighted by atomic mass is 10.2. The second-order valence-corrected chi connectivity index (χ2v) is 3.30. The molecule has 0 aromatic carbocycles. The maximum Gasteiger partial charge on any atom is 0.200 e. The van der Waals surface area contributed by atoms with Crippen molar-refractivity contribution in [1.29, 1.82) is 0 Å². The van der Waals surface area contributed by atoms with Crippen LogP contribution in [-0.2, 0) is 9.47 Å². The van der Waals surface area contributed by atoms with Crippen molar-refractivity contribution in [2.24, 2.45) is 0 Å². The topological polar surface area (TPSA) is 44.2 Å². The summed E-state index contributed by atoms with van der Waals surface area (Å²) in [4.78, 5) is 8.52. The molecule has 78 valence electrons. The van der Waals surface area contributed by atoms with Crippen LogP contribution >= 0.6 is 0 Å². The summed E-state index contributed by atoms with van der Waals surface area (Å²) in [5.74, 6) is 1.12. The monoisotopic (exact) mass is 196 g/mol. The summed E-state index contributed by atoms with van der Waals surface area (Å²) in [6.45, 7) is 4.10.